The number of benzene rings is 1. The van der Waals surface area contributed by atoms with Gasteiger partial charge in [0.25, 0.3) is 0 Å². The summed E-state index contributed by atoms with van der Waals surface area (Å²) < 4.78 is 0. The number of likely N-dealkylation sites (N-methyl/N-ethyl adjacent to an activating group) is 1. The minimum absolute atomic E-state index is 0.121. The minimum Gasteiger partial charge on any atom is -0.394 e. The van der Waals surface area contributed by atoms with E-state index >= 15 is 0 Å². The highest BCUT2D eigenvalue weighted by Crippen LogP contribution is 2.29. The number of para-hydroxylation sites is 1. The average Bonchev–Trinajstić information content (AvgIpc) is 2.33. The van der Waals surface area contributed by atoms with Crippen LogP contribution >= 0.6 is 11.6 Å². The van der Waals surface area contributed by atoms with E-state index in [2.05, 4.69) is 23.8 Å². The van der Waals surface area contributed by atoms with Crippen molar-refractivity contribution < 1.29 is 5.11 Å². The summed E-state index contributed by atoms with van der Waals surface area (Å²) in [7, 11) is 2.09. The fraction of sp³-hybridized carbons (Fsp3) is 0.538. The van der Waals surface area contributed by atoms with Crippen LogP contribution in [-0.2, 0) is 0 Å². The quantitative estimate of drug-likeness (QED) is 0.873. The molecule has 0 aliphatic carbocycles. The van der Waals surface area contributed by atoms with Gasteiger partial charge in [0.1, 0.15) is 0 Å². The van der Waals surface area contributed by atoms with Crippen molar-refractivity contribution >= 4 is 17.3 Å². The van der Waals surface area contributed by atoms with Crippen LogP contribution in [-0.4, -0.2) is 48.8 Å². The highest BCUT2D eigenvalue weighted by Gasteiger charge is 2.29. The van der Waals surface area contributed by atoms with E-state index in [-0.39, 0.29) is 12.6 Å². The molecule has 0 amide bonds. The number of aliphatic hydroxyl groups is 1. The average molecular weight is 255 g/mol. The SMILES string of the molecule is CC1CN(c2ccccc2Cl)C(CO)CN1C. The van der Waals surface area contributed by atoms with Crippen molar-refractivity contribution in [3.05, 3.63) is 29.3 Å². The Morgan fingerprint density at radius 1 is 1.35 bits per heavy atom. The third-order valence-corrected chi connectivity index (χ3v) is 3.85. The molecule has 0 saturated carbocycles. The van der Waals surface area contributed by atoms with E-state index < -0.39 is 0 Å². The Bertz CT molecular complexity index is 385. The zero-order valence-corrected chi connectivity index (χ0v) is 11.1. The maximum absolute atomic E-state index is 9.51. The zero-order valence-electron chi connectivity index (χ0n) is 10.3. The second-order valence-electron chi connectivity index (χ2n) is 4.73. The Kier molecular flexibility index (Phi) is 3.92. The van der Waals surface area contributed by atoms with E-state index in [4.69, 9.17) is 11.6 Å². The van der Waals surface area contributed by atoms with Crippen molar-refractivity contribution in [1.82, 2.24) is 4.90 Å². The third-order valence-electron chi connectivity index (χ3n) is 3.53. The van der Waals surface area contributed by atoms with E-state index in [1.165, 1.54) is 0 Å². The van der Waals surface area contributed by atoms with Gasteiger partial charge in [-0.1, -0.05) is 23.7 Å². The lowest BCUT2D eigenvalue weighted by Gasteiger charge is -2.44. The van der Waals surface area contributed by atoms with Crippen LogP contribution in [0, 0.1) is 0 Å². The first-order valence-corrected chi connectivity index (χ1v) is 6.33. The molecule has 2 rings (SSSR count). The molecule has 17 heavy (non-hydrogen) atoms. The van der Waals surface area contributed by atoms with Gasteiger partial charge in [-0.15, -0.1) is 0 Å². The number of aliphatic hydroxyl groups excluding tert-OH is 1. The van der Waals surface area contributed by atoms with E-state index in [1.807, 2.05) is 24.3 Å². The molecule has 1 saturated heterocycles. The Morgan fingerprint density at radius 3 is 2.71 bits per heavy atom. The lowest BCUT2D eigenvalue weighted by atomic mass is 10.1. The Hall–Kier alpha value is -0.770. The fourth-order valence-electron chi connectivity index (χ4n) is 2.32. The molecule has 1 aromatic carbocycles. The maximum atomic E-state index is 9.51. The van der Waals surface area contributed by atoms with Crippen LogP contribution in [0.1, 0.15) is 6.92 Å². The minimum atomic E-state index is 0.121. The van der Waals surface area contributed by atoms with Crippen molar-refractivity contribution in [2.75, 3.05) is 31.6 Å². The Morgan fingerprint density at radius 2 is 2.06 bits per heavy atom. The number of anilines is 1. The highest BCUT2D eigenvalue weighted by atomic mass is 35.5. The number of hydrogen-bond donors (Lipinski definition) is 1. The Balaban J connectivity index is 2.27. The summed E-state index contributed by atoms with van der Waals surface area (Å²) in [6.45, 7) is 4.11. The lowest BCUT2D eigenvalue weighted by Crippen LogP contribution is -2.57. The molecule has 1 aliphatic rings. The standard InChI is InChI=1S/C13H19ClN2O/c1-10-7-16(11(9-17)8-15(10)2)13-6-4-3-5-12(13)14/h3-6,10-11,17H,7-9H2,1-2H3. The van der Waals surface area contributed by atoms with Gasteiger partial charge in [-0.25, -0.2) is 0 Å². The van der Waals surface area contributed by atoms with Crippen LogP contribution in [0.4, 0.5) is 5.69 Å². The van der Waals surface area contributed by atoms with Crippen molar-refractivity contribution in [3.63, 3.8) is 0 Å². The fourth-order valence-corrected chi connectivity index (χ4v) is 2.56. The first kappa shape index (κ1) is 12.7. The number of nitrogens with zero attached hydrogens (tertiary/aromatic N) is 2. The first-order valence-electron chi connectivity index (χ1n) is 5.95. The topological polar surface area (TPSA) is 26.7 Å². The van der Waals surface area contributed by atoms with Gasteiger partial charge in [-0.2, -0.15) is 0 Å². The molecule has 0 bridgehead atoms. The van der Waals surface area contributed by atoms with Crippen LogP contribution in [0.3, 0.4) is 0 Å². The summed E-state index contributed by atoms with van der Waals surface area (Å²) in [4.78, 5) is 4.49. The molecule has 3 nitrogen and oxygen atoms in total. The predicted octanol–water partition coefficient (Wildman–Crippen LogP) is 1.84. The molecule has 1 heterocycles. The van der Waals surface area contributed by atoms with Crippen molar-refractivity contribution in [3.8, 4) is 0 Å². The number of rotatable bonds is 2. The summed E-state index contributed by atoms with van der Waals surface area (Å²) in [5.74, 6) is 0. The van der Waals surface area contributed by atoms with Crippen LogP contribution in [0.5, 0.6) is 0 Å². The van der Waals surface area contributed by atoms with Crippen molar-refractivity contribution in [1.29, 1.82) is 0 Å². The van der Waals surface area contributed by atoms with Gasteiger partial charge >= 0.3 is 0 Å². The third kappa shape index (κ3) is 2.57. The Labute approximate surface area is 108 Å². The molecular weight excluding hydrogens is 236 g/mol. The van der Waals surface area contributed by atoms with E-state index in [0.717, 1.165) is 23.8 Å². The van der Waals surface area contributed by atoms with Gasteiger partial charge in [0.2, 0.25) is 0 Å². The van der Waals surface area contributed by atoms with E-state index in [1.54, 1.807) is 0 Å². The van der Waals surface area contributed by atoms with Gasteiger partial charge in [-0.3, -0.25) is 4.90 Å². The second kappa shape index (κ2) is 5.25. The second-order valence-corrected chi connectivity index (χ2v) is 5.14. The van der Waals surface area contributed by atoms with Crippen LogP contribution < -0.4 is 4.90 Å². The lowest BCUT2D eigenvalue weighted by molar-refractivity contribution is 0.155. The van der Waals surface area contributed by atoms with Crippen molar-refractivity contribution in [2.45, 2.75) is 19.0 Å². The molecule has 0 radical (unpaired) electrons. The predicted molar refractivity (Wildman–Crippen MR) is 71.8 cm³/mol. The van der Waals surface area contributed by atoms with Crippen molar-refractivity contribution in [2.24, 2.45) is 0 Å². The van der Waals surface area contributed by atoms with Gasteiger partial charge in [0, 0.05) is 19.1 Å². The number of piperazine rings is 1. The molecule has 1 fully saturated rings. The summed E-state index contributed by atoms with van der Waals surface area (Å²) >= 11 is 6.23. The summed E-state index contributed by atoms with van der Waals surface area (Å²) in [5.41, 5.74) is 1.02. The normalized spacial score (nSPS) is 26.2. The molecule has 0 spiro atoms. The molecule has 1 aromatic rings. The highest BCUT2D eigenvalue weighted by molar-refractivity contribution is 6.33. The molecule has 1 aliphatic heterocycles. The van der Waals surface area contributed by atoms with E-state index in [0.29, 0.717) is 6.04 Å². The molecule has 2 atom stereocenters. The van der Waals surface area contributed by atoms with Gasteiger partial charge in [0.15, 0.2) is 0 Å². The summed E-state index contributed by atoms with van der Waals surface area (Å²) in [6, 6.07) is 8.42. The first-order chi connectivity index (χ1) is 8.13. The summed E-state index contributed by atoms with van der Waals surface area (Å²) in [6.07, 6.45) is 0. The largest absolute Gasteiger partial charge is 0.394 e. The monoisotopic (exact) mass is 254 g/mol. The van der Waals surface area contributed by atoms with Gasteiger partial charge in [0.05, 0.1) is 23.4 Å². The molecular formula is C13H19ClN2O. The zero-order chi connectivity index (χ0) is 12.4. The number of halogens is 1. The van der Waals surface area contributed by atoms with E-state index in [9.17, 15) is 5.11 Å². The molecule has 94 valence electrons. The summed E-state index contributed by atoms with van der Waals surface area (Å²) in [5, 5.41) is 10.3. The maximum Gasteiger partial charge on any atom is 0.0649 e. The van der Waals surface area contributed by atoms with Crippen LogP contribution in [0.25, 0.3) is 0 Å². The van der Waals surface area contributed by atoms with Crippen LogP contribution in [0.15, 0.2) is 24.3 Å². The smallest absolute Gasteiger partial charge is 0.0649 e. The molecule has 1 N–H and O–H groups in total. The number of hydrogen-bond acceptors (Lipinski definition) is 3. The van der Waals surface area contributed by atoms with Gasteiger partial charge < -0.3 is 10.0 Å². The molecule has 0 aromatic heterocycles. The molecule has 2 unspecified atom stereocenters. The molecule has 4 heteroatoms. The van der Waals surface area contributed by atoms with Gasteiger partial charge in [-0.05, 0) is 26.1 Å². The van der Waals surface area contributed by atoms with Crippen LogP contribution in [0.2, 0.25) is 5.02 Å².